The van der Waals surface area contributed by atoms with Crippen molar-refractivity contribution in [1.29, 1.82) is 0 Å². The van der Waals surface area contributed by atoms with Gasteiger partial charge in [0, 0.05) is 29.3 Å². The highest BCUT2D eigenvalue weighted by atomic mass is 35.5. The van der Waals surface area contributed by atoms with Gasteiger partial charge in [0.05, 0.1) is 19.7 Å². The Morgan fingerprint density at radius 2 is 1.50 bits per heavy atom. The first-order chi connectivity index (χ1) is 11.9. The summed E-state index contributed by atoms with van der Waals surface area (Å²) in [6.07, 6.45) is 0. The van der Waals surface area contributed by atoms with Crippen LogP contribution in [0, 0.1) is 17.5 Å². The van der Waals surface area contributed by atoms with Gasteiger partial charge in [-0.25, -0.2) is 18.2 Å². The first-order valence-electron chi connectivity index (χ1n) is 6.93. The second kappa shape index (κ2) is 7.84. The smallest absolute Gasteiger partial charge is 0.224 e. The van der Waals surface area contributed by atoms with Gasteiger partial charge in [-0.05, 0) is 17.7 Å². The fourth-order valence-corrected chi connectivity index (χ4v) is 2.46. The van der Waals surface area contributed by atoms with Crippen molar-refractivity contribution in [2.24, 2.45) is 0 Å². The van der Waals surface area contributed by atoms with Crippen LogP contribution in [0.1, 0.15) is 0 Å². The van der Waals surface area contributed by atoms with Crippen LogP contribution >= 0.6 is 24.0 Å². The molecule has 0 aliphatic rings. The SMILES string of the molecule is COc1cc2nc(Cl)nc(Nc3cc(F)c(F)c(F)c3)c2cc1OC.Cl. The van der Waals surface area contributed by atoms with Crippen molar-refractivity contribution in [2.75, 3.05) is 19.5 Å². The molecule has 1 aromatic heterocycles. The van der Waals surface area contributed by atoms with E-state index in [0.717, 1.165) is 12.1 Å². The molecule has 0 saturated heterocycles. The molecule has 10 heteroatoms. The molecule has 0 aliphatic carbocycles. The quantitative estimate of drug-likeness (QED) is 0.494. The zero-order chi connectivity index (χ0) is 18.1. The predicted molar refractivity (Wildman–Crippen MR) is 94.5 cm³/mol. The number of ether oxygens (including phenoxy) is 2. The van der Waals surface area contributed by atoms with Crippen molar-refractivity contribution in [3.63, 3.8) is 0 Å². The molecule has 1 N–H and O–H groups in total. The van der Waals surface area contributed by atoms with Gasteiger partial charge in [-0.3, -0.25) is 0 Å². The van der Waals surface area contributed by atoms with Crippen molar-refractivity contribution in [3.05, 3.63) is 47.0 Å². The standard InChI is InChI=1S/C16H11ClF3N3O2.ClH/c1-24-12-5-8-11(6-13(12)25-2)22-16(17)23-15(8)21-7-3-9(18)14(20)10(19)4-7;/h3-6H,1-2H3,(H,21,22,23);1H. The normalized spacial score (nSPS) is 10.4. The van der Waals surface area contributed by atoms with E-state index in [1.54, 1.807) is 12.1 Å². The van der Waals surface area contributed by atoms with Gasteiger partial charge in [0.15, 0.2) is 29.0 Å². The first-order valence-corrected chi connectivity index (χ1v) is 7.31. The van der Waals surface area contributed by atoms with Crippen LogP contribution in [-0.4, -0.2) is 24.2 Å². The van der Waals surface area contributed by atoms with E-state index in [4.69, 9.17) is 21.1 Å². The highest BCUT2D eigenvalue weighted by Crippen LogP contribution is 2.35. The molecule has 1 heterocycles. The molecule has 0 bridgehead atoms. The maximum atomic E-state index is 13.4. The second-order valence-electron chi connectivity index (χ2n) is 4.94. The van der Waals surface area contributed by atoms with Crippen molar-refractivity contribution in [3.8, 4) is 11.5 Å². The highest BCUT2D eigenvalue weighted by Gasteiger charge is 2.15. The van der Waals surface area contributed by atoms with E-state index in [9.17, 15) is 13.2 Å². The number of halogens is 5. The number of hydrogen-bond acceptors (Lipinski definition) is 5. The lowest BCUT2D eigenvalue weighted by molar-refractivity contribution is 0.356. The van der Waals surface area contributed by atoms with Crippen LogP contribution in [0.15, 0.2) is 24.3 Å². The molecule has 3 aromatic rings. The summed E-state index contributed by atoms with van der Waals surface area (Å²) >= 11 is 5.90. The monoisotopic (exact) mass is 405 g/mol. The molecule has 0 unspecified atom stereocenters. The summed E-state index contributed by atoms with van der Waals surface area (Å²) in [4.78, 5) is 8.10. The number of methoxy groups -OCH3 is 2. The van der Waals surface area contributed by atoms with E-state index >= 15 is 0 Å². The van der Waals surface area contributed by atoms with Crippen LogP contribution in [0.4, 0.5) is 24.7 Å². The molecular weight excluding hydrogens is 394 g/mol. The van der Waals surface area contributed by atoms with Crippen LogP contribution in [-0.2, 0) is 0 Å². The summed E-state index contributed by atoms with van der Waals surface area (Å²) in [6.45, 7) is 0. The molecule has 0 aliphatic heterocycles. The van der Waals surface area contributed by atoms with E-state index in [0.29, 0.717) is 22.4 Å². The van der Waals surface area contributed by atoms with E-state index in [1.807, 2.05) is 0 Å². The Labute approximate surface area is 157 Å². The highest BCUT2D eigenvalue weighted by molar-refractivity contribution is 6.28. The molecule has 0 radical (unpaired) electrons. The zero-order valence-electron chi connectivity index (χ0n) is 13.4. The molecular formula is C16H12Cl2F3N3O2. The second-order valence-corrected chi connectivity index (χ2v) is 5.28. The number of nitrogens with zero attached hydrogens (tertiary/aromatic N) is 2. The number of fused-ring (bicyclic) bond motifs is 1. The summed E-state index contributed by atoms with van der Waals surface area (Å²) in [6, 6.07) is 4.78. The summed E-state index contributed by atoms with van der Waals surface area (Å²) in [5, 5.41) is 3.08. The third-order valence-corrected chi connectivity index (χ3v) is 3.59. The van der Waals surface area contributed by atoms with E-state index in [1.165, 1.54) is 14.2 Å². The Morgan fingerprint density at radius 3 is 2.08 bits per heavy atom. The van der Waals surface area contributed by atoms with Gasteiger partial charge in [0.25, 0.3) is 0 Å². The van der Waals surface area contributed by atoms with Crippen LogP contribution in [0.25, 0.3) is 10.9 Å². The molecule has 0 spiro atoms. The number of nitrogens with one attached hydrogen (secondary N) is 1. The predicted octanol–water partition coefficient (Wildman–Crippen LogP) is 4.88. The van der Waals surface area contributed by atoms with Gasteiger partial charge >= 0.3 is 0 Å². The van der Waals surface area contributed by atoms with Crippen molar-refractivity contribution >= 4 is 46.4 Å². The Morgan fingerprint density at radius 1 is 0.923 bits per heavy atom. The summed E-state index contributed by atoms with van der Waals surface area (Å²) in [5.41, 5.74) is 0.380. The number of anilines is 2. The minimum Gasteiger partial charge on any atom is -0.493 e. The Bertz CT molecular complexity index is 950. The Balaban J connectivity index is 0.00000243. The van der Waals surface area contributed by atoms with Gasteiger partial charge in [0.1, 0.15) is 5.82 Å². The fraction of sp³-hybridized carbons (Fsp3) is 0.125. The molecule has 3 rings (SSSR count). The Hall–Kier alpha value is -2.45. The lowest BCUT2D eigenvalue weighted by Crippen LogP contribution is -2.01. The van der Waals surface area contributed by atoms with Crippen LogP contribution in [0.3, 0.4) is 0 Å². The van der Waals surface area contributed by atoms with Crippen molar-refractivity contribution in [2.45, 2.75) is 0 Å². The molecule has 0 amide bonds. The average molecular weight is 406 g/mol. The van der Waals surface area contributed by atoms with Gasteiger partial charge in [-0.2, -0.15) is 4.98 Å². The number of hydrogen-bond donors (Lipinski definition) is 1. The molecule has 5 nitrogen and oxygen atoms in total. The topological polar surface area (TPSA) is 56.3 Å². The molecule has 2 aromatic carbocycles. The van der Waals surface area contributed by atoms with Crippen LogP contribution in [0.5, 0.6) is 11.5 Å². The van der Waals surface area contributed by atoms with Gasteiger partial charge in [0.2, 0.25) is 5.28 Å². The summed E-state index contributed by atoms with van der Waals surface area (Å²) in [7, 11) is 2.92. The lowest BCUT2D eigenvalue weighted by atomic mass is 10.2. The number of aromatic nitrogens is 2. The van der Waals surface area contributed by atoms with E-state index in [-0.39, 0.29) is 29.2 Å². The number of benzene rings is 2. The maximum absolute atomic E-state index is 13.4. The van der Waals surface area contributed by atoms with Gasteiger partial charge in [-0.1, -0.05) is 0 Å². The number of rotatable bonds is 4. The summed E-state index contributed by atoms with van der Waals surface area (Å²) in [5.74, 6) is -3.21. The van der Waals surface area contributed by atoms with E-state index in [2.05, 4.69) is 15.3 Å². The molecule has 26 heavy (non-hydrogen) atoms. The van der Waals surface area contributed by atoms with Gasteiger partial charge in [-0.15, -0.1) is 12.4 Å². The Kier molecular flexibility index (Phi) is 5.99. The van der Waals surface area contributed by atoms with Gasteiger partial charge < -0.3 is 14.8 Å². The van der Waals surface area contributed by atoms with Crippen molar-refractivity contribution in [1.82, 2.24) is 9.97 Å². The summed E-state index contributed by atoms with van der Waals surface area (Å²) < 4.78 is 50.3. The minimum atomic E-state index is -1.55. The molecule has 0 fully saturated rings. The van der Waals surface area contributed by atoms with Crippen LogP contribution < -0.4 is 14.8 Å². The van der Waals surface area contributed by atoms with Crippen molar-refractivity contribution < 1.29 is 22.6 Å². The molecule has 0 atom stereocenters. The first kappa shape index (κ1) is 19.9. The minimum absolute atomic E-state index is 0. The zero-order valence-corrected chi connectivity index (χ0v) is 15.0. The third-order valence-electron chi connectivity index (χ3n) is 3.42. The lowest BCUT2D eigenvalue weighted by Gasteiger charge is -2.13. The molecule has 138 valence electrons. The fourth-order valence-electron chi connectivity index (χ4n) is 2.29. The third kappa shape index (κ3) is 3.71. The molecule has 0 saturated carbocycles. The average Bonchev–Trinajstić information content (AvgIpc) is 2.58. The van der Waals surface area contributed by atoms with Crippen LogP contribution in [0.2, 0.25) is 5.28 Å². The maximum Gasteiger partial charge on any atom is 0.224 e. The largest absolute Gasteiger partial charge is 0.493 e. The van der Waals surface area contributed by atoms with E-state index < -0.39 is 17.5 Å².